The first-order chi connectivity index (χ1) is 15.8. The molecule has 1 heterocycles. The van der Waals surface area contributed by atoms with Crippen molar-refractivity contribution in [3.05, 3.63) is 71.8 Å². The number of hydrogen-bond acceptors (Lipinski definition) is 6. The molecule has 0 aliphatic heterocycles. The molecule has 1 aromatic heterocycles. The predicted octanol–water partition coefficient (Wildman–Crippen LogP) is 5.52. The number of allylic oxidation sites excluding steroid dienone is 1. The van der Waals surface area contributed by atoms with Crippen molar-refractivity contribution in [2.24, 2.45) is 0 Å². The Kier molecular flexibility index (Phi) is 8.35. The molecular formula is C23H24ClFN4O3S. The molecule has 33 heavy (non-hydrogen) atoms. The smallest absolute Gasteiger partial charge is 0.237 e. The number of anilines is 1. The average Bonchev–Trinajstić information content (AvgIpc) is 3.19. The Bertz CT molecular complexity index is 1140. The van der Waals surface area contributed by atoms with E-state index in [-0.39, 0.29) is 10.9 Å². The van der Waals surface area contributed by atoms with Gasteiger partial charge in [0, 0.05) is 12.2 Å². The number of benzene rings is 2. The molecule has 2 aromatic carbocycles. The third kappa shape index (κ3) is 6.06. The first kappa shape index (κ1) is 24.6. The number of nitrogens with zero attached hydrogens (tertiary/aromatic N) is 3. The minimum atomic E-state index is -0.549. The topological polar surface area (TPSA) is 78.3 Å². The number of para-hydroxylation sites is 2. The Balaban J connectivity index is 1.74. The van der Waals surface area contributed by atoms with Crippen molar-refractivity contribution < 1.29 is 18.7 Å². The van der Waals surface area contributed by atoms with Gasteiger partial charge in [0.1, 0.15) is 5.82 Å². The van der Waals surface area contributed by atoms with E-state index in [1.807, 2.05) is 35.8 Å². The molecule has 2 unspecified atom stereocenters. The molecular weight excluding hydrogens is 467 g/mol. The van der Waals surface area contributed by atoms with Gasteiger partial charge in [-0.25, -0.2) is 4.39 Å². The van der Waals surface area contributed by atoms with Gasteiger partial charge < -0.3 is 14.8 Å². The molecule has 174 valence electrons. The van der Waals surface area contributed by atoms with Crippen LogP contribution in [0.15, 0.2) is 60.3 Å². The van der Waals surface area contributed by atoms with E-state index in [0.29, 0.717) is 34.7 Å². The van der Waals surface area contributed by atoms with Gasteiger partial charge in [-0.05, 0) is 44.2 Å². The average molecular weight is 491 g/mol. The molecule has 3 aromatic rings. The molecule has 1 amide bonds. The summed E-state index contributed by atoms with van der Waals surface area (Å²) in [6.07, 6.45) is 1.28. The summed E-state index contributed by atoms with van der Waals surface area (Å²) in [5.74, 6) is 0.948. The fourth-order valence-corrected chi connectivity index (χ4v) is 4.02. The number of halogens is 2. The van der Waals surface area contributed by atoms with Crippen molar-refractivity contribution in [2.75, 3.05) is 12.4 Å². The molecule has 0 radical (unpaired) electrons. The SMILES string of the molecule is C=CCn1c(SC(C)C(=O)Nc2ccc(F)c(Cl)c2)nnc1C(C)Oc1ccccc1OC. The molecule has 2 atom stereocenters. The van der Waals surface area contributed by atoms with Crippen molar-refractivity contribution in [1.82, 2.24) is 14.8 Å². The Morgan fingerprint density at radius 1 is 1.27 bits per heavy atom. The summed E-state index contributed by atoms with van der Waals surface area (Å²) >= 11 is 7.03. The zero-order valence-corrected chi connectivity index (χ0v) is 20.0. The highest BCUT2D eigenvalue weighted by molar-refractivity contribution is 8.00. The highest BCUT2D eigenvalue weighted by atomic mass is 35.5. The van der Waals surface area contributed by atoms with E-state index in [9.17, 15) is 9.18 Å². The van der Waals surface area contributed by atoms with Crippen LogP contribution < -0.4 is 14.8 Å². The second-order valence-corrected chi connectivity index (χ2v) is 8.74. The van der Waals surface area contributed by atoms with Crippen LogP contribution in [0.4, 0.5) is 10.1 Å². The molecule has 0 spiro atoms. The van der Waals surface area contributed by atoms with Crippen molar-refractivity contribution >= 4 is 35.0 Å². The molecule has 3 rings (SSSR count). The molecule has 0 bridgehead atoms. The van der Waals surface area contributed by atoms with Gasteiger partial charge in [-0.3, -0.25) is 9.36 Å². The number of aromatic nitrogens is 3. The Labute approximate surface area is 200 Å². The van der Waals surface area contributed by atoms with Crippen molar-refractivity contribution in [2.45, 2.75) is 36.9 Å². The Hall–Kier alpha value is -3.04. The van der Waals surface area contributed by atoms with Crippen LogP contribution in [0.5, 0.6) is 11.5 Å². The Morgan fingerprint density at radius 3 is 2.67 bits per heavy atom. The summed E-state index contributed by atoms with van der Waals surface area (Å²) < 4.78 is 26.6. The number of hydrogen-bond donors (Lipinski definition) is 1. The second kappa shape index (κ2) is 11.2. The van der Waals surface area contributed by atoms with Crippen molar-refractivity contribution in [3.63, 3.8) is 0 Å². The number of nitrogens with one attached hydrogen (secondary N) is 1. The molecule has 0 aliphatic rings. The number of methoxy groups -OCH3 is 1. The molecule has 0 saturated heterocycles. The van der Waals surface area contributed by atoms with Crippen molar-refractivity contribution in [1.29, 1.82) is 0 Å². The number of ether oxygens (including phenoxy) is 2. The summed E-state index contributed by atoms with van der Waals surface area (Å²) in [7, 11) is 1.58. The lowest BCUT2D eigenvalue weighted by Gasteiger charge is -2.18. The van der Waals surface area contributed by atoms with Gasteiger partial charge >= 0.3 is 0 Å². The maximum Gasteiger partial charge on any atom is 0.237 e. The van der Waals surface area contributed by atoms with Crippen LogP contribution in [0.1, 0.15) is 25.8 Å². The lowest BCUT2D eigenvalue weighted by Crippen LogP contribution is -2.23. The maximum atomic E-state index is 13.4. The first-order valence-electron chi connectivity index (χ1n) is 10.1. The molecule has 0 fully saturated rings. The maximum absolute atomic E-state index is 13.4. The van der Waals surface area contributed by atoms with E-state index in [0.717, 1.165) is 0 Å². The van der Waals surface area contributed by atoms with Gasteiger partial charge in [0.25, 0.3) is 0 Å². The van der Waals surface area contributed by atoms with Crippen LogP contribution in [0.3, 0.4) is 0 Å². The largest absolute Gasteiger partial charge is 0.493 e. The fourth-order valence-electron chi connectivity index (χ4n) is 2.98. The van der Waals surface area contributed by atoms with Crippen molar-refractivity contribution in [3.8, 4) is 11.5 Å². The summed E-state index contributed by atoms with van der Waals surface area (Å²) in [5, 5.41) is 11.2. The summed E-state index contributed by atoms with van der Waals surface area (Å²) in [4.78, 5) is 12.6. The van der Waals surface area contributed by atoms with Gasteiger partial charge in [-0.1, -0.05) is 41.6 Å². The van der Waals surface area contributed by atoms with Gasteiger partial charge in [-0.15, -0.1) is 16.8 Å². The standard InChI is InChI=1S/C23H24ClFN4O3S/c1-5-12-29-21(14(2)32-20-9-7-6-8-19(20)31-4)27-28-23(29)33-15(3)22(30)26-16-10-11-18(25)17(24)13-16/h5-11,13-15H,1,12H2,2-4H3,(H,26,30). The number of carbonyl (C=O) groups excluding carboxylic acids is 1. The molecule has 0 saturated carbocycles. The lowest BCUT2D eigenvalue weighted by atomic mass is 10.3. The highest BCUT2D eigenvalue weighted by Gasteiger charge is 2.24. The minimum absolute atomic E-state index is 0.0625. The third-order valence-electron chi connectivity index (χ3n) is 4.63. The normalized spacial score (nSPS) is 12.6. The predicted molar refractivity (Wildman–Crippen MR) is 128 cm³/mol. The van der Waals surface area contributed by atoms with Crippen LogP contribution in [-0.4, -0.2) is 33.0 Å². The van der Waals surface area contributed by atoms with E-state index in [4.69, 9.17) is 21.1 Å². The van der Waals surface area contributed by atoms with Gasteiger partial charge in [0.2, 0.25) is 5.91 Å². The zero-order valence-electron chi connectivity index (χ0n) is 18.4. The van der Waals surface area contributed by atoms with Gasteiger partial charge in [0.05, 0.1) is 17.4 Å². The van der Waals surface area contributed by atoms with E-state index >= 15 is 0 Å². The van der Waals surface area contributed by atoms with Crippen LogP contribution in [0, 0.1) is 5.82 Å². The monoisotopic (exact) mass is 490 g/mol. The van der Waals surface area contributed by atoms with Crippen LogP contribution >= 0.6 is 23.4 Å². The summed E-state index contributed by atoms with van der Waals surface area (Å²) in [5.41, 5.74) is 0.408. The third-order valence-corrected chi connectivity index (χ3v) is 6.00. The molecule has 1 N–H and O–H groups in total. The zero-order chi connectivity index (χ0) is 24.0. The quantitative estimate of drug-likeness (QED) is 0.297. The second-order valence-electron chi connectivity index (χ2n) is 7.03. The van der Waals surface area contributed by atoms with Crippen LogP contribution in [0.25, 0.3) is 0 Å². The van der Waals surface area contributed by atoms with E-state index < -0.39 is 17.2 Å². The number of carbonyl (C=O) groups is 1. The Morgan fingerprint density at radius 2 is 2.00 bits per heavy atom. The molecule has 7 nitrogen and oxygen atoms in total. The molecule has 0 aliphatic carbocycles. The van der Waals surface area contributed by atoms with Gasteiger partial charge in [0.15, 0.2) is 28.6 Å². The van der Waals surface area contributed by atoms with E-state index in [1.54, 1.807) is 20.1 Å². The summed E-state index contributed by atoms with van der Waals surface area (Å²) in [6.45, 7) is 7.84. The lowest BCUT2D eigenvalue weighted by molar-refractivity contribution is -0.115. The van der Waals surface area contributed by atoms with E-state index in [2.05, 4.69) is 22.1 Å². The van der Waals surface area contributed by atoms with Crippen LogP contribution in [-0.2, 0) is 11.3 Å². The fraction of sp³-hybridized carbons (Fsp3) is 0.261. The van der Waals surface area contributed by atoms with Crippen LogP contribution in [0.2, 0.25) is 5.02 Å². The number of rotatable bonds is 10. The molecule has 10 heteroatoms. The highest BCUT2D eigenvalue weighted by Crippen LogP contribution is 2.32. The summed E-state index contributed by atoms with van der Waals surface area (Å²) in [6, 6.07) is 11.4. The van der Waals surface area contributed by atoms with E-state index in [1.165, 1.54) is 30.0 Å². The first-order valence-corrected chi connectivity index (χ1v) is 11.4. The minimum Gasteiger partial charge on any atom is -0.493 e. The number of amides is 1. The van der Waals surface area contributed by atoms with Gasteiger partial charge in [-0.2, -0.15) is 0 Å². The number of thioether (sulfide) groups is 1.